The summed E-state index contributed by atoms with van der Waals surface area (Å²) >= 11 is 0. The number of esters is 1. The molecule has 0 heterocycles. The van der Waals surface area contributed by atoms with Crippen molar-refractivity contribution in [2.45, 2.75) is 69.2 Å². The topological polar surface area (TPSA) is 63.6 Å². The molecule has 0 spiro atoms. The Hall–Kier alpha value is -5.74. The van der Waals surface area contributed by atoms with Gasteiger partial charge in [-0.1, -0.05) is 203 Å². The monoisotopic (exact) mass is 714 g/mol. The first-order valence-corrected chi connectivity index (χ1v) is 17.6. The number of hydrogen-bond acceptors (Lipinski definition) is 3. The number of rotatable bonds is 18. The van der Waals surface area contributed by atoms with Gasteiger partial charge in [0.2, 0.25) is 0 Å². The highest BCUT2D eigenvalue weighted by Crippen LogP contribution is 2.04. The fourth-order valence-electron chi connectivity index (χ4n) is 3.68. The number of ether oxygens (including phenoxy) is 1. The summed E-state index contributed by atoms with van der Waals surface area (Å²) in [6.45, 7) is 20.2. The first-order valence-electron chi connectivity index (χ1n) is 17.6. The molecule has 0 rings (SSSR count). The molecule has 4 heteroatoms. The maximum Gasteiger partial charge on any atom is 0.330 e. The summed E-state index contributed by atoms with van der Waals surface area (Å²) in [6, 6.07) is 0. The van der Waals surface area contributed by atoms with Gasteiger partial charge in [-0.2, -0.15) is 0 Å². The highest BCUT2D eigenvalue weighted by Gasteiger charge is 1.90. The van der Waals surface area contributed by atoms with Crippen molar-refractivity contribution in [1.82, 2.24) is 0 Å². The van der Waals surface area contributed by atoms with Crippen LogP contribution < -0.4 is 0 Å². The van der Waals surface area contributed by atoms with Crippen molar-refractivity contribution in [2.75, 3.05) is 7.11 Å². The normalized spacial score (nSPS) is 15.5. The quantitative estimate of drug-likeness (QED) is 0.0872. The minimum Gasteiger partial charge on any atom is -0.478 e. The summed E-state index contributed by atoms with van der Waals surface area (Å²) in [4.78, 5) is 21.5. The lowest BCUT2D eigenvalue weighted by atomic mass is 10.2. The second-order valence-electron chi connectivity index (χ2n) is 12.0. The molecule has 0 radical (unpaired) electrons. The van der Waals surface area contributed by atoms with Crippen LogP contribution in [-0.2, 0) is 14.3 Å². The van der Waals surface area contributed by atoms with Crippen LogP contribution in [0.3, 0.4) is 0 Å². The van der Waals surface area contributed by atoms with E-state index in [9.17, 15) is 9.59 Å². The predicted molar refractivity (Wildman–Crippen MR) is 232 cm³/mol. The number of hydrogen-bond donors (Lipinski definition) is 1. The van der Waals surface area contributed by atoms with Crippen molar-refractivity contribution in [3.63, 3.8) is 0 Å². The molecule has 0 aliphatic rings. The van der Waals surface area contributed by atoms with Crippen LogP contribution in [-0.4, -0.2) is 24.2 Å². The molecule has 53 heavy (non-hydrogen) atoms. The molecule has 0 amide bonds. The van der Waals surface area contributed by atoms with Gasteiger partial charge in [0.25, 0.3) is 0 Å². The van der Waals surface area contributed by atoms with Gasteiger partial charge in [-0.15, -0.1) is 0 Å². The number of methoxy groups -OCH3 is 1. The van der Waals surface area contributed by atoms with Crippen LogP contribution in [0, 0.1) is 0 Å². The van der Waals surface area contributed by atoms with E-state index >= 15 is 0 Å². The highest BCUT2D eigenvalue weighted by atomic mass is 16.5. The SMILES string of the molecule is C/C=C/C(C)=C/C=C/C(C)=C/C=C/C=C(C)/C=C/C=C(C)/C=C/C(=O)O.C/C=C/C(C)=C/C=C/C(C)=C/C=C/C=C(C)/C=C/C=C(C)/C=C/C(=O)OC. The molecule has 0 aromatic rings. The van der Waals surface area contributed by atoms with Crippen molar-refractivity contribution in [3.8, 4) is 0 Å². The summed E-state index contributed by atoms with van der Waals surface area (Å²) in [6.07, 6.45) is 54.4. The van der Waals surface area contributed by atoms with E-state index in [1.54, 1.807) is 12.2 Å². The average molecular weight is 715 g/mol. The number of carboxylic acids is 1. The van der Waals surface area contributed by atoms with Crippen molar-refractivity contribution in [3.05, 3.63) is 215 Å². The first kappa shape index (κ1) is 49.4. The van der Waals surface area contributed by atoms with E-state index in [-0.39, 0.29) is 5.97 Å². The molecule has 0 atom stereocenters. The van der Waals surface area contributed by atoms with E-state index in [0.717, 1.165) is 28.4 Å². The number of carbonyl (C=O) groups excluding carboxylic acids is 1. The summed E-state index contributed by atoms with van der Waals surface area (Å²) in [5.74, 6) is -1.29. The molecule has 0 fully saturated rings. The van der Waals surface area contributed by atoms with Gasteiger partial charge in [-0.25, -0.2) is 9.59 Å². The van der Waals surface area contributed by atoms with Gasteiger partial charge in [0.15, 0.2) is 0 Å². The molecule has 1 N–H and O–H groups in total. The summed E-state index contributed by atoms with van der Waals surface area (Å²) in [5, 5.41) is 8.57. The molecule has 0 aromatic carbocycles. The van der Waals surface area contributed by atoms with Gasteiger partial charge in [-0.05, 0) is 69.2 Å². The Kier molecular flexibility index (Phi) is 31.1. The van der Waals surface area contributed by atoms with Crippen molar-refractivity contribution < 1.29 is 19.4 Å². The molecule has 4 nitrogen and oxygen atoms in total. The third kappa shape index (κ3) is 35.9. The van der Waals surface area contributed by atoms with Gasteiger partial charge >= 0.3 is 11.9 Å². The van der Waals surface area contributed by atoms with Crippen LogP contribution in [0.5, 0.6) is 0 Å². The molecule has 282 valence electrons. The van der Waals surface area contributed by atoms with E-state index in [0.29, 0.717) is 0 Å². The Morgan fingerprint density at radius 2 is 0.604 bits per heavy atom. The second kappa shape index (κ2) is 33.4. The zero-order chi connectivity index (χ0) is 40.3. The summed E-state index contributed by atoms with van der Waals surface area (Å²) in [5.41, 5.74) is 8.93. The summed E-state index contributed by atoms with van der Waals surface area (Å²) < 4.78 is 4.55. The van der Waals surface area contributed by atoms with Gasteiger partial charge in [0.1, 0.15) is 0 Å². The van der Waals surface area contributed by atoms with Gasteiger partial charge < -0.3 is 9.84 Å². The first-order chi connectivity index (χ1) is 25.2. The molecule has 0 bridgehead atoms. The number of carboxylic acid groups (broad SMARTS) is 1. The van der Waals surface area contributed by atoms with Crippen LogP contribution in [0.15, 0.2) is 215 Å². The van der Waals surface area contributed by atoms with E-state index < -0.39 is 5.97 Å². The van der Waals surface area contributed by atoms with Crippen LogP contribution in [0.2, 0.25) is 0 Å². The summed E-state index contributed by atoms with van der Waals surface area (Å²) in [7, 11) is 1.36. The minimum atomic E-state index is -0.940. The maximum atomic E-state index is 11.0. The van der Waals surface area contributed by atoms with E-state index in [1.165, 1.54) is 35.5 Å². The second-order valence-corrected chi connectivity index (χ2v) is 12.0. The lowest BCUT2D eigenvalue weighted by molar-refractivity contribution is -0.135. The zero-order valence-corrected chi connectivity index (χ0v) is 33.8. The van der Waals surface area contributed by atoms with E-state index in [4.69, 9.17) is 5.11 Å². The molecule has 0 saturated carbocycles. The Morgan fingerprint density at radius 1 is 0.358 bits per heavy atom. The molecule has 0 unspecified atom stereocenters. The molecule has 0 aromatic heterocycles. The van der Waals surface area contributed by atoms with Gasteiger partial charge in [0, 0.05) is 12.2 Å². The Bertz CT molecular complexity index is 1700. The minimum absolute atomic E-state index is 0.352. The van der Waals surface area contributed by atoms with Crippen LogP contribution in [0.25, 0.3) is 0 Å². The number of allylic oxidation sites excluding steroid dienone is 34. The zero-order valence-electron chi connectivity index (χ0n) is 33.8. The Morgan fingerprint density at radius 3 is 0.868 bits per heavy atom. The maximum absolute atomic E-state index is 11.0. The van der Waals surface area contributed by atoms with Crippen molar-refractivity contribution in [2.24, 2.45) is 0 Å². The third-order valence-corrected chi connectivity index (χ3v) is 6.56. The largest absolute Gasteiger partial charge is 0.478 e. The van der Waals surface area contributed by atoms with Crippen molar-refractivity contribution >= 4 is 11.9 Å². The van der Waals surface area contributed by atoms with Crippen LogP contribution in [0.4, 0.5) is 0 Å². The lowest BCUT2D eigenvalue weighted by Gasteiger charge is -1.91. The smallest absolute Gasteiger partial charge is 0.330 e. The van der Waals surface area contributed by atoms with Gasteiger partial charge in [0.05, 0.1) is 7.11 Å². The van der Waals surface area contributed by atoms with Crippen molar-refractivity contribution in [1.29, 1.82) is 0 Å². The third-order valence-electron chi connectivity index (χ3n) is 6.56. The fraction of sp³-hybridized carbons (Fsp3) is 0.224. The van der Waals surface area contributed by atoms with Crippen LogP contribution in [0.1, 0.15) is 69.2 Å². The molecule has 0 saturated heterocycles. The van der Waals surface area contributed by atoms with E-state index in [2.05, 4.69) is 87.1 Å². The Labute approximate surface area is 321 Å². The average Bonchev–Trinajstić information content (AvgIpc) is 3.10. The predicted octanol–water partition coefficient (Wildman–Crippen LogP) is 13.4. The number of aliphatic carboxylic acids is 1. The van der Waals surface area contributed by atoms with Crippen LogP contribution >= 0.6 is 0 Å². The standard InChI is InChI=1S/C25H32O2.C24H30O2/c1-7-12-21(2)15-10-16-22(3)13-8-9-14-23(4)17-11-18-24(5)19-20-25(26)27-6;1-6-11-20(2)14-9-15-21(3)12-7-8-13-22(4)16-10-17-23(5)18-19-24(25)26/h7-20H,1-6H3;6-19H,1-5H3,(H,25,26)/b9-8+,12-7+,16-10+,17-11+,20-19+,21-15+,22-13+,23-14+,24-18+;8-7+,11-6+,15-9+,16-10+,19-18+,20-14+,21-12+,22-13+,23-17+. The van der Waals surface area contributed by atoms with Gasteiger partial charge in [-0.3, -0.25) is 0 Å². The molecular weight excluding hydrogens is 653 g/mol. The lowest BCUT2D eigenvalue weighted by Crippen LogP contribution is -1.93. The number of carbonyl (C=O) groups is 2. The molecule has 0 aliphatic carbocycles. The Balaban J connectivity index is 0. The molecule has 0 aliphatic heterocycles. The van der Waals surface area contributed by atoms with E-state index in [1.807, 2.05) is 133 Å². The fourth-order valence-corrected chi connectivity index (χ4v) is 3.68. The highest BCUT2D eigenvalue weighted by molar-refractivity contribution is 5.82. The molecular formula is C49H62O4.